The molecule has 0 bridgehead atoms. The minimum atomic E-state index is -0.962. The van der Waals surface area contributed by atoms with Crippen LogP contribution in [0.1, 0.15) is 22.8 Å². The lowest BCUT2D eigenvalue weighted by molar-refractivity contribution is 0.0507. The summed E-state index contributed by atoms with van der Waals surface area (Å²) < 4.78 is 0. The summed E-state index contributed by atoms with van der Waals surface area (Å²) in [6.07, 6.45) is -0.962. The highest BCUT2D eigenvalue weighted by Gasteiger charge is 2.30. The van der Waals surface area contributed by atoms with Crippen LogP contribution >= 0.6 is 11.6 Å². The fourth-order valence-corrected chi connectivity index (χ4v) is 4.15. The van der Waals surface area contributed by atoms with E-state index < -0.39 is 6.09 Å². The van der Waals surface area contributed by atoms with Crippen molar-refractivity contribution in [2.24, 2.45) is 5.73 Å². The highest BCUT2D eigenvalue weighted by atomic mass is 35.5. The predicted molar refractivity (Wildman–Crippen MR) is 120 cm³/mol. The number of amides is 2. The first-order valence-corrected chi connectivity index (χ1v) is 10.4. The molecule has 4 rings (SSSR count). The van der Waals surface area contributed by atoms with Gasteiger partial charge in [-0.2, -0.15) is 0 Å². The van der Waals surface area contributed by atoms with Gasteiger partial charge in [0, 0.05) is 48.7 Å². The Morgan fingerprint density at radius 1 is 1.16 bits per heavy atom. The van der Waals surface area contributed by atoms with Crippen LogP contribution in [0.3, 0.4) is 0 Å². The maximum atomic E-state index is 13.1. The topological polar surface area (TPSA) is 99.8 Å². The largest absolute Gasteiger partial charge is 0.465 e. The van der Waals surface area contributed by atoms with Crippen LogP contribution < -0.4 is 5.73 Å². The number of carbonyl (C=O) groups is 2. The normalized spacial score (nSPS) is 16.5. The number of nitrogens with two attached hydrogens (primary N) is 1. The van der Waals surface area contributed by atoms with Gasteiger partial charge in [0.05, 0.1) is 16.2 Å². The maximum Gasteiger partial charge on any atom is 0.407 e. The molecule has 31 heavy (non-hydrogen) atoms. The third kappa shape index (κ3) is 4.19. The molecular formula is C23H23ClN4O3. The number of piperazine rings is 1. The second-order valence-corrected chi connectivity index (χ2v) is 8.11. The molecule has 1 aliphatic rings. The quantitative estimate of drug-likeness (QED) is 0.647. The molecule has 2 heterocycles. The summed E-state index contributed by atoms with van der Waals surface area (Å²) in [5.41, 5.74) is 9.46. The number of nitrogens with zero attached hydrogens (tertiary/aromatic N) is 3. The summed E-state index contributed by atoms with van der Waals surface area (Å²) in [7, 11) is 0. The minimum Gasteiger partial charge on any atom is -0.465 e. The third-order valence-electron chi connectivity index (χ3n) is 5.65. The molecule has 0 aliphatic carbocycles. The summed E-state index contributed by atoms with van der Waals surface area (Å²) in [5, 5.41) is 10.6. The molecule has 0 radical (unpaired) electrons. The van der Waals surface area contributed by atoms with Gasteiger partial charge in [-0.1, -0.05) is 41.9 Å². The summed E-state index contributed by atoms with van der Waals surface area (Å²) in [5.74, 6) is -0.144. The van der Waals surface area contributed by atoms with Crippen LogP contribution in [0.2, 0.25) is 5.02 Å². The van der Waals surface area contributed by atoms with E-state index >= 15 is 0 Å². The Morgan fingerprint density at radius 3 is 2.55 bits per heavy atom. The summed E-state index contributed by atoms with van der Waals surface area (Å²) in [6, 6.07) is 14.6. The molecule has 1 saturated heterocycles. The van der Waals surface area contributed by atoms with Gasteiger partial charge in [-0.05, 0) is 30.7 Å². The number of carbonyl (C=O) groups excluding carboxylic acids is 1. The van der Waals surface area contributed by atoms with E-state index in [9.17, 15) is 14.7 Å². The molecule has 2 amide bonds. The van der Waals surface area contributed by atoms with Crippen molar-refractivity contribution in [3.63, 3.8) is 0 Å². The van der Waals surface area contributed by atoms with Crippen molar-refractivity contribution in [3.05, 3.63) is 64.7 Å². The number of aromatic nitrogens is 1. The minimum absolute atomic E-state index is 0.144. The van der Waals surface area contributed by atoms with Gasteiger partial charge in [-0.15, -0.1) is 0 Å². The van der Waals surface area contributed by atoms with E-state index in [-0.39, 0.29) is 11.9 Å². The molecule has 2 aromatic carbocycles. The lowest BCUT2D eigenvalue weighted by Gasteiger charge is -2.38. The van der Waals surface area contributed by atoms with Gasteiger partial charge in [-0.25, -0.2) is 9.78 Å². The predicted octanol–water partition coefficient (Wildman–Crippen LogP) is 3.84. The highest BCUT2D eigenvalue weighted by molar-refractivity contribution is 6.35. The Hall–Kier alpha value is -3.16. The Kier molecular flexibility index (Phi) is 5.80. The zero-order valence-electron chi connectivity index (χ0n) is 17.1. The second-order valence-electron chi connectivity index (χ2n) is 7.70. The van der Waals surface area contributed by atoms with Gasteiger partial charge >= 0.3 is 6.09 Å². The Labute approximate surface area is 185 Å². The molecule has 3 N–H and O–H groups in total. The van der Waals surface area contributed by atoms with Gasteiger partial charge in [0.2, 0.25) is 0 Å². The Balaban J connectivity index is 1.63. The van der Waals surface area contributed by atoms with E-state index in [0.29, 0.717) is 42.3 Å². The van der Waals surface area contributed by atoms with Gasteiger partial charge in [0.1, 0.15) is 0 Å². The van der Waals surface area contributed by atoms with Crippen LogP contribution in [-0.2, 0) is 6.54 Å². The van der Waals surface area contributed by atoms with Crippen molar-refractivity contribution in [1.29, 1.82) is 0 Å². The molecule has 1 fully saturated rings. The molecule has 160 valence electrons. The first-order chi connectivity index (χ1) is 14.9. The van der Waals surface area contributed by atoms with E-state index in [0.717, 1.165) is 22.2 Å². The van der Waals surface area contributed by atoms with Crippen molar-refractivity contribution in [2.45, 2.75) is 19.5 Å². The van der Waals surface area contributed by atoms with Crippen molar-refractivity contribution in [3.8, 4) is 11.3 Å². The molecule has 7 nitrogen and oxygen atoms in total. The Morgan fingerprint density at radius 2 is 1.90 bits per heavy atom. The lowest BCUT2D eigenvalue weighted by Crippen LogP contribution is -2.55. The zero-order chi connectivity index (χ0) is 22.1. The molecule has 0 saturated carbocycles. The number of fused-ring (bicyclic) bond motifs is 1. The van der Waals surface area contributed by atoms with Crippen molar-refractivity contribution in [2.75, 3.05) is 19.6 Å². The third-order valence-corrected chi connectivity index (χ3v) is 5.96. The number of hydrogen-bond acceptors (Lipinski definition) is 4. The summed E-state index contributed by atoms with van der Waals surface area (Å²) in [6.45, 7) is 3.28. The number of benzene rings is 2. The Bertz CT molecular complexity index is 1150. The van der Waals surface area contributed by atoms with E-state index in [2.05, 4.69) is 0 Å². The molecule has 8 heteroatoms. The van der Waals surface area contributed by atoms with E-state index in [1.54, 1.807) is 30.0 Å². The lowest BCUT2D eigenvalue weighted by atomic mass is 10.1. The number of carboxylic acid groups (broad SMARTS) is 1. The average Bonchev–Trinajstić information content (AvgIpc) is 2.77. The zero-order valence-corrected chi connectivity index (χ0v) is 17.8. The van der Waals surface area contributed by atoms with Crippen LogP contribution in [0, 0.1) is 0 Å². The second kappa shape index (κ2) is 8.53. The monoisotopic (exact) mass is 438 g/mol. The molecule has 3 aromatic rings. The molecule has 0 spiro atoms. The van der Waals surface area contributed by atoms with E-state index in [1.807, 2.05) is 30.3 Å². The van der Waals surface area contributed by atoms with Gasteiger partial charge in [-0.3, -0.25) is 4.79 Å². The number of halogens is 1. The molecular weight excluding hydrogens is 416 g/mol. The molecule has 1 aromatic heterocycles. The van der Waals surface area contributed by atoms with Crippen molar-refractivity contribution < 1.29 is 14.7 Å². The van der Waals surface area contributed by atoms with Crippen molar-refractivity contribution in [1.82, 2.24) is 14.8 Å². The van der Waals surface area contributed by atoms with E-state index in [4.69, 9.17) is 22.3 Å². The fraction of sp³-hybridized carbons (Fsp3) is 0.261. The van der Waals surface area contributed by atoms with Crippen molar-refractivity contribution >= 4 is 34.5 Å². The molecule has 1 aliphatic heterocycles. The SMILES string of the molecule is C[C@@H]1CN(C(=O)c2ccc3c(Cl)cc(-c4ccc(CN)cc4)nc3c2)CCN1C(=O)O. The first-order valence-electron chi connectivity index (χ1n) is 10.1. The van der Waals surface area contributed by atoms with Crippen LogP contribution in [0.15, 0.2) is 48.5 Å². The number of pyridine rings is 1. The summed E-state index contributed by atoms with van der Waals surface area (Å²) in [4.78, 5) is 32.1. The maximum absolute atomic E-state index is 13.1. The smallest absolute Gasteiger partial charge is 0.407 e. The fourth-order valence-electron chi connectivity index (χ4n) is 3.89. The molecule has 1 atom stereocenters. The van der Waals surface area contributed by atoms with Crippen LogP contribution in [0.5, 0.6) is 0 Å². The standard InChI is InChI=1S/C23H23ClN4O3/c1-14-13-27(8-9-28(14)23(30)31)22(29)17-6-7-18-19(24)11-20(26-21(18)10-17)16-4-2-15(12-25)3-5-16/h2-7,10-11,14H,8-9,12-13,25H2,1H3,(H,30,31)/t14-/m1/s1. The van der Waals surface area contributed by atoms with Crippen LogP contribution in [0.25, 0.3) is 22.2 Å². The van der Waals surface area contributed by atoms with E-state index in [1.165, 1.54) is 4.90 Å². The average molecular weight is 439 g/mol. The first kappa shape index (κ1) is 21.1. The van der Waals surface area contributed by atoms with Crippen LogP contribution in [0.4, 0.5) is 4.79 Å². The highest BCUT2D eigenvalue weighted by Crippen LogP contribution is 2.29. The van der Waals surface area contributed by atoms with Gasteiger partial charge in [0.25, 0.3) is 5.91 Å². The van der Waals surface area contributed by atoms with Crippen LogP contribution in [-0.4, -0.2) is 57.6 Å². The van der Waals surface area contributed by atoms with Gasteiger partial charge < -0.3 is 20.6 Å². The number of hydrogen-bond donors (Lipinski definition) is 2. The summed E-state index contributed by atoms with van der Waals surface area (Å²) >= 11 is 6.50. The number of rotatable bonds is 3. The molecule has 0 unspecified atom stereocenters. The van der Waals surface area contributed by atoms with Gasteiger partial charge in [0.15, 0.2) is 0 Å².